The molecule has 0 radical (unpaired) electrons. The van der Waals surface area contributed by atoms with E-state index in [1.54, 1.807) is 20.3 Å². The van der Waals surface area contributed by atoms with E-state index in [1.807, 2.05) is 46.7 Å². The number of piperidine rings is 1. The molecule has 0 N–H and O–H groups in total. The van der Waals surface area contributed by atoms with Gasteiger partial charge in [0.15, 0.2) is 11.5 Å². The van der Waals surface area contributed by atoms with Crippen LogP contribution in [0.1, 0.15) is 45.0 Å². The Kier molecular flexibility index (Phi) is 10.2. The quantitative estimate of drug-likeness (QED) is 0.186. The number of nitrogens with zero attached hydrogens (tertiary/aromatic N) is 3. The summed E-state index contributed by atoms with van der Waals surface area (Å²) in [6, 6.07) is 23.3. The van der Waals surface area contributed by atoms with Crippen LogP contribution in [0.4, 0.5) is 4.39 Å². The van der Waals surface area contributed by atoms with Crippen molar-refractivity contribution in [3.8, 4) is 11.5 Å². The molecule has 0 spiro atoms. The first-order valence-corrected chi connectivity index (χ1v) is 15.3. The summed E-state index contributed by atoms with van der Waals surface area (Å²) < 4.78 is 25.4. The van der Waals surface area contributed by atoms with Gasteiger partial charge in [0.05, 0.1) is 20.8 Å². The average molecular weight is 588 g/mol. The molecule has 2 heterocycles. The molecule has 0 atom stereocenters. The fourth-order valence-electron chi connectivity index (χ4n) is 5.53. The average Bonchev–Trinajstić information content (AvgIpc) is 3.49. The number of methoxy groups -OCH3 is 2. The number of hydrogen-bond donors (Lipinski definition) is 0. The summed E-state index contributed by atoms with van der Waals surface area (Å²) in [6.07, 6.45) is 3.81. The Bertz CT molecular complexity index is 1450. The number of hydrogen-bond acceptors (Lipinski definition) is 6. The van der Waals surface area contributed by atoms with Gasteiger partial charge in [0, 0.05) is 37.1 Å². The fraction of sp³-hybridized carbons (Fsp3) is 0.353. The molecule has 0 unspecified atom stereocenters. The number of ether oxygens (including phenoxy) is 2. The van der Waals surface area contributed by atoms with Gasteiger partial charge < -0.3 is 14.4 Å². The molecule has 1 fully saturated rings. The van der Waals surface area contributed by atoms with E-state index in [-0.39, 0.29) is 11.7 Å². The minimum atomic E-state index is -0.223. The number of halogens is 1. The minimum Gasteiger partial charge on any atom is -0.493 e. The molecule has 8 heteroatoms. The highest BCUT2D eigenvalue weighted by molar-refractivity contribution is 7.09. The highest BCUT2D eigenvalue weighted by atomic mass is 32.1. The Hall–Kier alpha value is -3.75. The molecule has 220 valence electrons. The Labute approximate surface area is 251 Å². The first-order valence-electron chi connectivity index (χ1n) is 14.5. The van der Waals surface area contributed by atoms with Crippen LogP contribution in [0, 0.1) is 11.7 Å². The number of amides is 1. The summed E-state index contributed by atoms with van der Waals surface area (Å²) in [5.74, 6) is 1.74. The van der Waals surface area contributed by atoms with Crippen LogP contribution in [0.2, 0.25) is 0 Å². The number of rotatable bonds is 12. The van der Waals surface area contributed by atoms with Gasteiger partial charge in [-0.2, -0.15) is 0 Å². The number of carbonyl (C=O) groups is 1. The van der Waals surface area contributed by atoms with Gasteiger partial charge in [0.1, 0.15) is 16.5 Å². The molecular weight excluding hydrogens is 549 g/mol. The topological polar surface area (TPSA) is 54.9 Å². The van der Waals surface area contributed by atoms with Crippen molar-refractivity contribution in [2.45, 2.75) is 38.8 Å². The van der Waals surface area contributed by atoms with Gasteiger partial charge in [-0.3, -0.25) is 9.69 Å². The van der Waals surface area contributed by atoms with Crippen molar-refractivity contribution in [3.63, 3.8) is 0 Å². The van der Waals surface area contributed by atoms with Gasteiger partial charge in [0.25, 0.3) is 5.91 Å². The molecule has 1 saturated heterocycles. The van der Waals surface area contributed by atoms with Gasteiger partial charge in [-0.15, -0.1) is 11.3 Å². The summed E-state index contributed by atoms with van der Waals surface area (Å²) in [6.45, 7) is 3.17. The standard InChI is InChI=1S/C34H38FN3O3S/c1-40-31-13-12-26(21-32(31)41-2)14-17-37(22-28-10-6-7-11-29(28)35)23-33-36-30(24-42-33)34(39)38-18-15-27(16-19-38)20-25-8-4-3-5-9-25/h3-13,21,24,27H,14-20,22-23H2,1-2H3. The fourth-order valence-corrected chi connectivity index (χ4v) is 6.34. The van der Waals surface area contributed by atoms with Crippen LogP contribution in [0.25, 0.3) is 0 Å². The van der Waals surface area contributed by atoms with Crippen molar-refractivity contribution >= 4 is 17.2 Å². The van der Waals surface area contributed by atoms with Crippen LogP contribution >= 0.6 is 11.3 Å². The molecule has 0 saturated carbocycles. The maximum atomic E-state index is 14.6. The zero-order chi connectivity index (χ0) is 29.3. The second-order valence-corrected chi connectivity index (χ2v) is 11.7. The van der Waals surface area contributed by atoms with Crippen LogP contribution in [0.5, 0.6) is 11.5 Å². The summed E-state index contributed by atoms with van der Waals surface area (Å²) in [5.41, 5.74) is 3.59. The summed E-state index contributed by atoms with van der Waals surface area (Å²) >= 11 is 1.49. The normalized spacial score (nSPS) is 13.9. The largest absolute Gasteiger partial charge is 0.493 e. The third-order valence-corrected chi connectivity index (χ3v) is 8.75. The molecule has 1 aromatic heterocycles. The van der Waals surface area contributed by atoms with Gasteiger partial charge in [0.2, 0.25) is 0 Å². The highest BCUT2D eigenvalue weighted by Gasteiger charge is 2.25. The molecule has 3 aromatic carbocycles. The highest BCUT2D eigenvalue weighted by Crippen LogP contribution is 2.28. The molecule has 0 aliphatic carbocycles. The van der Waals surface area contributed by atoms with Gasteiger partial charge >= 0.3 is 0 Å². The molecule has 42 heavy (non-hydrogen) atoms. The zero-order valence-electron chi connectivity index (χ0n) is 24.3. The van der Waals surface area contributed by atoms with Crippen LogP contribution in [-0.2, 0) is 25.9 Å². The summed E-state index contributed by atoms with van der Waals surface area (Å²) in [4.78, 5) is 22.2. The molecule has 1 amide bonds. The lowest BCUT2D eigenvalue weighted by Gasteiger charge is -2.31. The van der Waals surface area contributed by atoms with Crippen LogP contribution < -0.4 is 9.47 Å². The van der Waals surface area contributed by atoms with E-state index in [1.165, 1.54) is 23.0 Å². The van der Waals surface area contributed by atoms with Crippen LogP contribution in [0.15, 0.2) is 78.2 Å². The molecule has 5 rings (SSSR count). The van der Waals surface area contributed by atoms with Gasteiger partial charge in [-0.05, 0) is 60.9 Å². The predicted octanol–water partition coefficient (Wildman–Crippen LogP) is 6.64. The van der Waals surface area contributed by atoms with E-state index in [0.29, 0.717) is 48.3 Å². The Morgan fingerprint density at radius 1 is 0.952 bits per heavy atom. The lowest BCUT2D eigenvalue weighted by Crippen LogP contribution is -2.39. The van der Waals surface area contributed by atoms with Gasteiger partial charge in [-0.25, -0.2) is 9.37 Å². The SMILES string of the molecule is COc1ccc(CCN(Cc2nc(C(=O)N3CCC(Cc4ccccc4)CC3)cs2)Cc2ccccc2F)cc1OC. The molecule has 6 nitrogen and oxygen atoms in total. The second kappa shape index (κ2) is 14.4. The zero-order valence-corrected chi connectivity index (χ0v) is 25.1. The van der Waals surface area contributed by atoms with Crippen LogP contribution in [-0.4, -0.2) is 54.5 Å². The molecule has 1 aliphatic rings. The molecule has 0 bridgehead atoms. The van der Waals surface area contributed by atoms with Gasteiger partial charge in [-0.1, -0.05) is 54.6 Å². The van der Waals surface area contributed by atoms with Crippen LogP contribution in [0.3, 0.4) is 0 Å². The predicted molar refractivity (Wildman–Crippen MR) is 165 cm³/mol. The number of benzene rings is 3. The lowest BCUT2D eigenvalue weighted by molar-refractivity contribution is 0.0685. The van der Waals surface area contributed by atoms with E-state index in [9.17, 15) is 9.18 Å². The summed E-state index contributed by atoms with van der Waals surface area (Å²) in [7, 11) is 3.25. The van der Waals surface area contributed by atoms with Crippen molar-refractivity contribution in [3.05, 3.63) is 111 Å². The van der Waals surface area contributed by atoms with Crippen molar-refractivity contribution in [2.24, 2.45) is 5.92 Å². The maximum absolute atomic E-state index is 14.6. The maximum Gasteiger partial charge on any atom is 0.273 e. The third-order valence-electron chi connectivity index (χ3n) is 7.92. The van der Waals surface area contributed by atoms with Crippen molar-refractivity contribution < 1.29 is 18.7 Å². The van der Waals surface area contributed by atoms with E-state index in [0.717, 1.165) is 49.3 Å². The molecule has 4 aromatic rings. The van der Waals surface area contributed by atoms with Crippen molar-refractivity contribution in [2.75, 3.05) is 33.9 Å². The smallest absolute Gasteiger partial charge is 0.273 e. The monoisotopic (exact) mass is 587 g/mol. The number of thiazole rings is 1. The van der Waals surface area contributed by atoms with E-state index >= 15 is 0 Å². The Morgan fingerprint density at radius 3 is 2.43 bits per heavy atom. The summed E-state index contributed by atoms with van der Waals surface area (Å²) in [5, 5.41) is 2.71. The molecular formula is C34H38FN3O3S. The van der Waals surface area contributed by atoms with E-state index in [2.05, 4.69) is 29.2 Å². The third kappa shape index (κ3) is 7.75. The Balaban J connectivity index is 1.22. The van der Waals surface area contributed by atoms with Crippen molar-refractivity contribution in [1.29, 1.82) is 0 Å². The number of aromatic nitrogens is 1. The van der Waals surface area contributed by atoms with Crippen molar-refractivity contribution in [1.82, 2.24) is 14.8 Å². The Morgan fingerprint density at radius 2 is 1.69 bits per heavy atom. The first-order chi connectivity index (χ1) is 20.5. The van der Waals surface area contributed by atoms with E-state index in [4.69, 9.17) is 14.5 Å². The van der Waals surface area contributed by atoms with E-state index < -0.39 is 0 Å². The first kappa shape index (κ1) is 29.7. The minimum absolute atomic E-state index is 0.00152. The second-order valence-electron chi connectivity index (χ2n) is 10.8. The molecule has 1 aliphatic heterocycles. The number of carbonyl (C=O) groups excluding carboxylic acids is 1. The lowest BCUT2D eigenvalue weighted by atomic mass is 9.90. The number of likely N-dealkylation sites (tertiary alicyclic amines) is 1.